The third-order valence-electron chi connectivity index (χ3n) is 5.42. The fraction of sp³-hybridized carbons (Fsp3) is 0.391. The number of anilines is 1. The lowest BCUT2D eigenvalue weighted by atomic mass is 10.1. The van der Waals surface area contributed by atoms with Crippen LogP contribution in [0.3, 0.4) is 0 Å². The molecule has 1 fully saturated rings. The number of amides is 3. The Kier molecular flexibility index (Phi) is 6.69. The van der Waals surface area contributed by atoms with Gasteiger partial charge in [0, 0.05) is 31.7 Å². The fourth-order valence-corrected chi connectivity index (χ4v) is 3.62. The number of aryl methyl sites for hydroxylation is 1. The molecule has 3 amide bonds. The monoisotopic (exact) mass is 379 g/mol. The van der Waals surface area contributed by atoms with Gasteiger partial charge in [0.1, 0.15) is 0 Å². The maximum Gasteiger partial charge on any atom is 0.322 e. The van der Waals surface area contributed by atoms with Gasteiger partial charge in [-0.1, -0.05) is 48.5 Å². The minimum Gasteiger partial charge on any atom is -0.343 e. The van der Waals surface area contributed by atoms with Crippen LogP contribution in [0.2, 0.25) is 0 Å². The molecule has 0 saturated carbocycles. The van der Waals surface area contributed by atoms with Crippen molar-refractivity contribution in [2.24, 2.45) is 0 Å². The van der Waals surface area contributed by atoms with Gasteiger partial charge in [-0.2, -0.15) is 0 Å². The molecule has 2 aromatic rings. The molecule has 5 nitrogen and oxygen atoms in total. The lowest BCUT2D eigenvalue weighted by molar-refractivity contribution is -0.130. The van der Waals surface area contributed by atoms with Crippen molar-refractivity contribution in [1.82, 2.24) is 9.80 Å². The van der Waals surface area contributed by atoms with Crippen LogP contribution in [0.15, 0.2) is 54.6 Å². The summed E-state index contributed by atoms with van der Waals surface area (Å²) in [5, 5.41) is 3.02. The average molecular weight is 380 g/mol. The molecular weight excluding hydrogens is 350 g/mol. The van der Waals surface area contributed by atoms with Crippen molar-refractivity contribution in [2.45, 2.75) is 39.2 Å². The molecule has 5 heteroatoms. The predicted octanol–water partition coefficient (Wildman–Crippen LogP) is 4.60. The van der Waals surface area contributed by atoms with Crippen LogP contribution in [0.1, 0.15) is 43.4 Å². The average Bonchev–Trinajstić information content (AvgIpc) is 3.25. The lowest BCUT2D eigenvalue weighted by Gasteiger charge is -2.30. The standard InChI is InChI=1S/C23H29N3O2/c1-18-10-6-7-13-21(18)24-23(28)26(19(2)20-11-4-3-5-12-20)17-14-22(27)25-15-8-9-16-25/h3-7,10-13,19H,8-9,14-17H2,1-2H3,(H,24,28). The molecule has 1 aliphatic heterocycles. The van der Waals surface area contributed by atoms with Crippen molar-refractivity contribution < 1.29 is 9.59 Å². The first-order valence-electron chi connectivity index (χ1n) is 10.0. The molecule has 1 heterocycles. The Hall–Kier alpha value is -2.82. The summed E-state index contributed by atoms with van der Waals surface area (Å²) in [4.78, 5) is 29.3. The molecule has 3 rings (SSSR count). The Morgan fingerprint density at radius 3 is 2.36 bits per heavy atom. The van der Waals surface area contributed by atoms with Crippen molar-refractivity contribution >= 4 is 17.6 Å². The maximum atomic E-state index is 13.1. The Labute approximate surface area is 167 Å². The van der Waals surface area contributed by atoms with Crippen LogP contribution in [0.5, 0.6) is 0 Å². The summed E-state index contributed by atoms with van der Waals surface area (Å²) < 4.78 is 0. The van der Waals surface area contributed by atoms with Crippen LogP contribution in [0.4, 0.5) is 10.5 Å². The van der Waals surface area contributed by atoms with Crippen LogP contribution in [0, 0.1) is 6.92 Å². The second kappa shape index (κ2) is 9.40. The first kappa shape index (κ1) is 19.9. The summed E-state index contributed by atoms with van der Waals surface area (Å²) in [5.41, 5.74) is 2.86. The van der Waals surface area contributed by atoms with Gasteiger partial charge in [-0.25, -0.2) is 4.79 Å². The number of hydrogen-bond acceptors (Lipinski definition) is 2. The highest BCUT2D eigenvalue weighted by molar-refractivity contribution is 5.90. The largest absolute Gasteiger partial charge is 0.343 e. The van der Waals surface area contributed by atoms with E-state index in [1.54, 1.807) is 4.90 Å². The fourth-order valence-electron chi connectivity index (χ4n) is 3.62. The highest BCUT2D eigenvalue weighted by Gasteiger charge is 2.25. The summed E-state index contributed by atoms with van der Waals surface area (Å²) >= 11 is 0. The van der Waals surface area contributed by atoms with E-state index in [1.165, 1.54) is 0 Å². The Morgan fingerprint density at radius 2 is 1.68 bits per heavy atom. The third-order valence-corrected chi connectivity index (χ3v) is 5.42. The second-order valence-electron chi connectivity index (χ2n) is 7.36. The van der Waals surface area contributed by atoms with E-state index in [2.05, 4.69) is 5.32 Å². The van der Waals surface area contributed by atoms with Crippen LogP contribution in [-0.4, -0.2) is 41.4 Å². The highest BCUT2D eigenvalue weighted by atomic mass is 16.2. The first-order chi connectivity index (χ1) is 13.6. The van der Waals surface area contributed by atoms with Gasteiger partial charge in [-0.15, -0.1) is 0 Å². The number of carbonyl (C=O) groups is 2. The molecule has 1 aliphatic rings. The number of rotatable bonds is 6. The predicted molar refractivity (Wildman–Crippen MR) is 112 cm³/mol. The van der Waals surface area contributed by atoms with E-state index < -0.39 is 0 Å². The van der Waals surface area contributed by atoms with Crippen LogP contribution in [-0.2, 0) is 4.79 Å². The van der Waals surface area contributed by atoms with Crippen molar-refractivity contribution in [2.75, 3.05) is 25.0 Å². The summed E-state index contributed by atoms with van der Waals surface area (Å²) in [6.07, 6.45) is 2.49. The summed E-state index contributed by atoms with van der Waals surface area (Å²) in [6.45, 7) is 6.04. The second-order valence-corrected chi connectivity index (χ2v) is 7.36. The molecule has 28 heavy (non-hydrogen) atoms. The number of carbonyl (C=O) groups excluding carboxylic acids is 2. The Bertz CT molecular complexity index is 801. The van der Waals surface area contributed by atoms with E-state index in [0.717, 1.165) is 42.7 Å². The van der Waals surface area contributed by atoms with Crippen LogP contribution >= 0.6 is 0 Å². The third kappa shape index (κ3) is 4.91. The normalized spacial score (nSPS) is 14.6. The summed E-state index contributed by atoms with van der Waals surface area (Å²) in [7, 11) is 0. The molecule has 0 aromatic heterocycles. The van der Waals surface area contributed by atoms with Crippen LogP contribution < -0.4 is 5.32 Å². The topological polar surface area (TPSA) is 52.7 Å². The first-order valence-corrected chi connectivity index (χ1v) is 10.0. The van der Waals surface area contributed by atoms with E-state index in [-0.39, 0.29) is 18.0 Å². The Morgan fingerprint density at radius 1 is 1.04 bits per heavy atom. The minimum atomic E-state index is -0.181. The number of hydrogen-bond donors (Lipinski definition) is 1. The van der Waals surface area contributed by atoms with Crippen molar-refractivity contribution in [3.63, 3.8) is 0 Å². The SMILES string of the molecule is Cc1ccccc1NC(=O)N(CCC(=O)N1CCCC1)C(C)c1ccccc1. The number of urea groups is 1. The zero-order chi connectivity index (χ0) is 19.9. The van der Waals surface area contributed by atoms with Crippen LogP contribution in [0.25, 0.3) is 0 Å². The smallest absolute Gasteiger partial charge is 0.322 e. The van der Waals surface area contributed by atoms with Gasteiger partial charge in [0.2, 0.25) is 5.91 Å². The van der Waals surface area contributed by atoms with Gasteiger partial charge in [0.05, 0.1) is 6.04 Å². The highest BCUT2D eigenvalue weighted by Crippen LogP contribution is 2.23. The summed E-state index contributed by atoms with van der Waals surface area (Å²) in [5.74, 6) is 0.131. The molecule has 1 unspecified atom stereocenters. The zero-order valence-corrected chi connectivity index (χ0v) is 16.7. The molecule has 0 aliphatic carbocycles. The molecule has 0 radical (unpaired) electrons. The van der Waals surface area contributed by atoms with Gasteiger partial charge in [-0.3, -0.25) is 4.79 Å². The summed E-state index contributed by atoms with van der Waals surface area (Å²) in [6, 6.07) is 17.3. The van der Waals surface area contributed by atoms with E-state index in [4.69, 9.17) is 0 Å². The molecule has 1 saturated heterocycles. The Balaban J connectivity index is 1.74. The van der Waals surface area contributed by atoms with Crippen molar-refractivity contribution in [3.05, 3.63) is 65.7 Å². The number of benzene rings is 2. The number of nitrogens with zero attached hydrogens (tertiary/aromatic N) is 2. The van der Waals surface area contributed by atoms with Gasteiger partial charge in [0.25, 0.3) is 0 Å². The molecule has 148 valence electrons. The van der Waals surface area contributed by atoms with Gasteiger partial charge < -0.3 is 15.1 Å². The van der Waals surface area contributed by atoms with E-state index in [9.17, 15) is 9.59 Å². The van der Waals surface area contributed by atoms with E-state index in [0.29, 0.717) is 13.0 Å². The van der Waals surface area contributed by atoms with Crippen molar-refractivity contribution in [1.29, 1.82) is 0 Å². The van der Waals surface area contributed by atoms with Gasteiger partial charge >= 0.3 is 6.03 Å². The van der Waals surface area contributed by atoms with E-state index >= 15 is 0 Å². The molecular formula is C23H29N3O2. The number of nitrogens with one attached hydrogen (secondary N) is 1. The molecule has 1 N–H and O–H groups in total. The minimum absolute atomic E-state index is 0.128. The van der Waals surface area contributed by atoms with Gasteiger partial charge in [0.15, 0.2) is 0 Å². The lowest BCUT2D eigenvalue weighted by Crippen LogP contribution is -2.40. The van der Waals surface area contributed by atoms with Crippen molar-refractivity contribution in [3.8, 4) is 0 Å². The van der Waals surface area contributed by atoms with E-state index in [1.807, 2.05) is 73.3 Å². The number of likely N-dealkylation sites (tertiary alicyclic amines) is 1. The molecule has 0 spiro atoms. The number of para-hydroxylation sites is 1. The maximum absolute atomic E-state index is 13.1. The molecule has 1 atom stereocenters. The quantitative estimate of drug-likeness (QED) is 0.797. The van der Waals surface area contributed by atoms with Gasteiger partial charge in [-0.05, 0) is 43.9 Å². The molecule has 0 bridgehead atoms. The zero-order valence-electron chi connectivity index (χ0n) is 16.7. The molecule has 2 aromatic carbocycles.